The van der Waals surface area contributed by atoms with Crippen LogP contribution in [0.25, 0.3) is 0 Å². The Morgan fingerprint density at radius 3 is 2.94 bits per heavy atom. The first-order valence-electron chi connectivity index (χ1n) is 6.33. The highest BCUT2D eigenvalue weighted by Crippen LogP contribution is 2.34. The van der Waals surface area contributed by atoms with Gasteiger partial charge in [-0.2, -0.15) is 5.26 Å². The van der Waals surface area contributed by atoms with Gasteiger partial charge in [-0.25, -0.2) is 0 Å². The Bertz CT molecular complexity index is 497. The highest BCUT2D eigenvalue weighted by Gasteiger charge is 2.40. The van der Waals surface area contributed by atoms with Gasteiger partial charge < -0.3 is 10.1 Å². The summed E-state index contributed by atoms with van der Waals surface area (Å²) in [5.41, 5.74) is 1.64. The fourth-order valence-corrected chi connectivity index (χ4v) is 3.10. The minimum Gasteiger partial charge on any atom is -0.373 e. The first-order valence-corrected chi connectivity index (χ1v) is 6.71. The van der Waals surface area contributed by atoms with Crippen LogP contribution in [0.3, 0.4) is 0 Å². The number of hydrogen-bond acceptors (Lipinski definition) is 3. The number of fused-ring (bicyclic) bond motifs is 2. The number of nitriles is 1. The summed E-state index contributed by atoms with van der Waals surface area (Å²) in [4.78, 5) is 0. The number of rotatable bonds is 3. The number of benzene rings is 1. The average molecular weight is 263 g/mol. The van der Waals surface area contributed by atoms with Crippen LogP contribution in [-0.4, -0.2) is 18.2 Å². The standard InChI is InChI=1S/C14H15ClN2O/c15-12-5-9(7-16)1-2-10(12)8-17-13-6-11-3-4-14(13)18-11/h1-2,5,11,13-14,17H,3-4,6,8H2. The van der Waals surface area contributed by atoms with E-state index >= 15 is 0 Å². The van der Waals surface area contributed by atoms with Crippen LogP contribution in [0, 0.1) is 11.3 Å². The molecular weight excluding hydrogens is 248 g/mol. The fourth-order valence-electron chi connectivity index (χ4n) is 2.85. The van der Waals surface area contributed by atoms with Gasteiger partial charge in [0.15, 0.2) is 0 Å². The molecule has 0 spiro atoms. The predicted octanol–water partition coefficient (Wildman–Crippen LogP) is 2.62. The van der Waals surface area contributed by atoms with Gasteiger partial charge in [-0.1, -0.05) is 17.7 Å². The van der Waals surface area contributed by atoms with Crippen molar-refractivity contribution in [3.63, 3.8) is 0 Å². The van der Waals surface area contributed by atoms with Crippen molar-refractivity contribution in [2.24, 2.45) is 0 Å². The number of ether oxygens (including phenoxy) is 1. The van der Waals surface area contributed by atoms with Crippen molar-refractivity contribution in [1.29, 1.82) is 5.26 Å². The molecule has 2 fully saturated rings. The molecule has 0 radical (unpaired) electrons. The topological polar surface area (TPSA) is 45.0 Å². The zero-order valence-corrected chi connectivity index (χ0v) is 10.8. The second kappa shape index (κ2) is 4.89. The molecule has 94 valence electrons. The van der Waals surface area contributed by atoms with Gasteiger partial charge in [0.25, 0.3) is 0 Å². The molecule has 3 rings (SSSR count). The van der Waals surface area contributed by atoms with Crippen LogP contribution in [0.4, 0.5) is 0 Å². The summed E-state index contributed by atoms with van der Waals surface area (Å²) in [6.45, 7) is 0.738. The Morgan fingerprint density at radius 1 is 1.44 bits per heavy atom. The molecule has 3 unspecified atom stereocenters. The molecule has 2 saturated heterocycles. The van der Waals surface area contributed by atoms with E-state index < -0.39 is 0 Å². The Labute approximate surface area is 112 Å². The van der Waals surface area contributed by atoms with E-state index in [1.165, 1.54) is 12.8 Å². The molecular formula is C14H15ClN2O. The van der Waals surface area contributed by atoms with Gasteiger partial charge in [-0.05, 0) is 37.0 Å². The van der Waals surface area contributed by atoms with Crippen LogP contribution < -0.4 is 5.32 Å². The van der Waals surface area contributed by atoms with Crippen LogP contribution in [0.5, 0.6) is 0 Å². The van der Waals surface area contributed by atoms with Gasteiger partial charge in [0.05, 0.1) is 23.8 Å². The number of hydrogen-bond donors (Lipinski definition) is 1. The second-order valence-corrected chi connectivity index (χ2v) is 5.42. The van der Waals surface area contributed by atoms with Crippen molar-refractivity contribution >= 4 is 11.6 Å². The average Bonchev–Trinajstić information content (AvgIpc) is 2.99. The molecule has 1 aromatic rings. The van der Waals surface area contributed by atoms with Crippen molar-refractivity contribution in [2.45, 2.75) is 44.1 Å². The van der Waals surface area contributed by atoms with Gasteiger partial charge in [0, 0.05) is 17.6 Å². The number of nitrogens with zero attached hydrogens (tertiary/aromatic N) is 1. The van der Waals surface area contributed by atoms with E-state index in [0.717, 1.165) is 18.5 Å². The summed E-state index contributed by atoms with van der Waals surface area (Å²) in [6, 6.07) is 7.99. The van der Waals surface area contributed by atoms with E-state index in [-0.39, 0.29) is 0 Å². The quantitative estimate of drug-likeness (QED) is 0.911. The van der Waals surface area contributed by atoms with Crippen molar-refractivity contribution in [3.05, 3.63) is 34.3 Å². The molecule has 2 aliphatic rings. The lowest BCUT2D eigenvalue weighted by Gasteiger charge is -2.20. The zero-order chi connectivity index (χ0) is 12.5. The second-order valence-electron chi connectivity index (χ2n) is 5.01. The molecule has 18 heavy (non-hydrogen) atoms. The van der Waals surface area contributed by atoms with Crippen molar-refractivity contribution in [2.75, 3.05) is 0 Å². The third-order valence-corrected chi connectivity index (χ3v) is 4.19. The van der Waals surface area contributed by atoms with Gasteiger partial charge in [-0.3, -0.25) is 0 Å². The fraction of sp³-hybridized carbons (Fsp3) is 0.500. The van der Waals surface area contributed by atoms with E-state index in [9.17, 15) is 0 Å². The van der Waals surface area contributed by atoms with E-state index in [4.69, 9.17) is 21.6 Å². The highest BCUT2D eigenvalue weighted by atomic mass is 35.5. The Morgan fingerprint density at radius 2 is 2.33 bits per heavy atom. The Balaban J connectivity index is 1.62. The maximum absolute atomic E-state index is 8.79. The Kier molecular flexibility index (Phi) is 3.25. The number of halogens is 1. The highest BCUT2D eigenvalue weighted by molar-refractivity contribution is 6.31. The predicted molar refractivity (Wildman–Crippen MR) is 69.3 cm³/mol. The molecule has 1 N–H and O–H groups in total. The van der Waals surface area contributed by atoms with Gasteiger partial charge in [-0.15, -0.1) is 0 Å². The third kappa shape index (κ3) is 2.24. The molecule has 4 heteroatoms. The molecule has 0 aromatic heterocycles. The summed E-state index contributed by atoms with van der Waals surface area (Å²) in [7, 11) is 0. The van der Waals surface area contributed by atoms with E-state index in [0.29, 0.717) is 28.8 Å². The molecule has 2 aliphatic heterocycles. The largest absolute Gasteiger partial charge is 0.373 e. The summed E-state index contributed by atoms with van der Waals surface area (Å²) >= 11 is 6.15. The molecule has 0 amide bonds. The molecule has 3 atom stereocenters. The van der Waals surface area contributed by atoms with E-state index in [2.05, 4.69) is 11.4 Å². The maximum Gasteiger partial charge on any atom is 0.0992 e. The van der Waals surface area contributed by atoms with Gasteiger partial charge >= 0.3 is 0 Å². The SMILES string of the molecule is N#Cc1ccc(CNC2CC3CCC2O3)c(Cl)c1. The third-order valence-electron chi connectivity index (χ3n) is 3.84. The lowest BCUT2D eigenvalue weighted by Crippen LogP contribution is -2.37. The Hall–Kier alpha value is -1.08. The zero-order valence-electron chi connectivity index (χ0n) is 10.0. The molecule has 0 aliphatic carbocycles. The van der Waals surface area contributed by atoms with E-state index in [1.807, 2.05) is 6.07 Å². The summed E-state index contributed by atoms with van der Waals surface area (Å²) in [5.74, 6) is 0. The van der Waals surface area contributed by atoms with Crippen LogP contribution in [0.1, 0.15) is 30.4 Å². The first kappa shape index (κ1) is 12.0. The molecule has 0 saturated carbocycles. The molecule has 3 nitrogen and oxygen atoms in total. The summed E-state index contributed by atoms with van der Waals surface area (Å²) < 4.78 is 5.80. The van der Waals surface area contributed by atoms with E-state index in [1.54, 1.807) is 12.1 Å². The van der Waals surface area contributed by atoms with Crippen LogP contribution in [0.2, 0.25) is 5.02 Å². The summed E-state index contributed by atoms with van der Waals surface area (Å²) in [6.07, 6.45) is 4.33. The van der Waals surface area contributed by atoms with Crippen molar-refractivity contribution in [1.82, 2.24) is 5.32 Å². The molecule has 2 bridgehead atoms. The van der Waals surface area contributed by atoms with Crippen molar-refractivity contribution < 1.29 is 4.74 Å². The minimum absolute atomic E-state index is 0.382. The number of nitrogens with one attached hydrogen (secondary N) is 1. The van der Waals surface area contributed by atoms with Crippen LogP contribution >= 0.6 is 11.6 Å². The lowest BCUT2D eigenvalue weighted by molar-refractivity contribution is 0.0973. The minimum atomic E-state index is 0.382. The summed E-state index contributed by atoms with van der Waals surface area (Å²) in [5, 5.41) is 13.0. The van der Waals surface area contributed by atoms with Gasteiger partial charge in [0.2, 0.25) is 0 Å². The van der Waals surface area contributed by atoms with Crippen molar-refractivity contribution in [3.8, 4) is 6.07 Å². The molecule has 1 aromatic carbocycles. The first-order chi connectivity index (χ1) is 8.76. The monoisotopic (exact) mass is 262 g/mol. The molecule has 2 heterocycles. The van der Waals surface area contributed by atoms with Crippen LogP contribution in [-0.2, 0) is 11.3 Å². The van der Waals surface area contributed by atoms with Gasteiger partial charge in [0.1, 0.15) is 0 Å². The normalized spacial score (nSPS) is 29.4. The van der Waals surface area contributed by atoms with Crippen LogP contribution in [0.15, 0.2) is 18.2 Å². The smallest absolute Gasteiger partial charge is 0.0992 e. The maximum atomic E-state index is 8.79. The lowest BCUT2D eigenvalue weighted by atomic mass is 9.95.